The highest BCUT2D eigenvalue weighted by molar-refractivity contribution is 7.98. The Kier molecular flexibility index (Phi) is 2.91. The van der Waals surface area contributed by atoms with Crippen LogP contribution in [-0.4, -0.2) is 9.97 Å². The molecular weight excluding hydrogens is 210 g/mol. The van der Waals surface area contributed by atoms with Crippen molar-refractivity contribution in [2.45, 2.75) is 17.7 Å². The van der Waals surface area contributed by atoms with E-state index in [1.807, 2.05) is 19.1 Å². The van der Waals surface area contributed by atoms with Gasteiger partial charge in [0.2, 0.25) is 0 Å². The maximum Gasteiger partial charge on any atom is 0.156 e. The molecule has 0 bridgehead atoms. The number of nitrogens with zero attached hydrogens (tertiary/aromatic N) is 2. The molecule has 2 N–H and O–H groups in total. The molecule has 0 radical (unpaired) electrons. The van der Waals surface area contributed by atoms with E-state index in [-0.39, 0.29) is 0 Å². The summed E-state index contributed by atoms with van der Waals surface area (Å²) >= 11 is 1.52. The van der Waals surface area contributed by atoms with Gasteiger partial charge in [-0.05, 0) is 19.1 Å². The van der Waals surface area contributed by atoms with Crippen LogP contribution in [0.4, 0.5) is 5.82 Å². The third kappa shape index (κ3) is 2.50. The molecule has 0 aliphatic rings. The van der Waals surface area contributed by atoms with E-state index in [1.54, 1.807) is 12.4 Å². The fourth-order valence-corrected chi connectivity index (χ4v) is 1.92. The van der Waals surface area contributed by atoms with Gasteiger partial charge in [-0.2, -0.15) is 0 Å². The third-order valence-electron chi connectivity index (χ3n) is 1.84. The molecule has 2 aromatic heterocycles. The Hall–Kier alpha value is -1.49. The molecule has 0 fully saturated rings. The van der Waals surface area contributed by atoms with Crippen molar-refractivity contribution in [1.29, 1.82) is 0 Å². The van der Waals surface area contributed by atoms with E-state index >= 15 is 0 Å². The van der Waals surface area contributed by atoms with Crippen molar-refractivity contribution in [1.82, 2.24) is 9.97 Å². The van der Waals surface area contributed by atoms with Gasteiger partial charge < -0.3 is 10.2 Å². The molecule has 5 heteroatoms. The van der Waals surface area contributed by atoms with Gasteiger partial charge in [0.1, 0.15) is 16.5 Å². The second-order valence-electron chi connectivity index (χ2n) is 3.05. The summed E-state index contributed by atoms with van der Waals surface area (Å²) in [6, 6.07) is 3.89. The number of furan rings is 1. The maximum absolute atomic E-state index is 5.66. The van der Waals surface area contributed by atoms with Gasteiger partial charge in [0.25, 0.3) is 0 Å². The maximum atomic E-state index is 5.66. The van der Waals surface area contributed by atoms with Crippen LogP contribution in [0, 0.1) is 6.92 Å². The normalized spacial score (nSPS) is 10.5. The smallest absolute Gasteiger partial charge is 0.156 e. The summed E-state index contributed by atoms with van der Waals surface area (Å²) in [5.74, 6) is 3.02. The lowest BCUT2D eigenvalue weighted by Gasteiger charge is -2.00. The predicted octanol–water partition coefficient (Wildman–Crippen LogP) is 2.25. The second-order valence-corrected chi connectivity index (χ2v) is 4.01. The van der Waals surface area contributed by atoms with Gasteiger partial charge in [-0.15, -0.1) is 0 Å². The summed E-state index contributed by atoms with van der Waals surface area (Å²) in [5.41, 5.74) is 5.66. The lowest BCUT2D eigenvalue weighted by molar-refractivity contribution is 0.501. The Morgan fingerprint density at radius 2 is 2.13 bits per heavy atom. The van der Waals surface area contributed by atoms with Gasteiger partial charge in [-0.1, -0.05) is 11.8 Å². The summed E-state index contributed by atoms with van der Waals surface area (Å²) in [5, 5.41) is 0.742. The molecule has 0 spiro atoms. The lowest BCUT2D eigenvalue weighted by atomic mass is 10.5. The Morgan fingerprint density at radius 3 is 2.80 bits per heavy atom. The number of nitrogen functional groups attached to an aromatic ring is 1. The number of aryl methyl sites for hydroxylation is 1. The van der Waals surface area contributed by atoms with Crippen LogP contribution in [0.25, 0.3) is 0 Å². The van der Waals surface area contributed by atoms with Gasteiger partial charge in [0.15, 0.2) is 5.82 Å². The molecular formula is C10H11N3OS. The van der Waals surface area contributed by atoms with Crippen molar-refractivity contribution < 1.29 is 4.42 Å². The van der Waals surface area contributed by atoms with Crippen molar-refractivity contribution in [3.8, 4) is 0 Å². The van der Waals surface area contributed by atoms with Crippen molar-refractivity contribution in [2.75, 3.05) is 5.73 Å². The molecule has 2 aromatic rings. The summed E-state index contributed by atoms with van der Waals surface area (Å²) in [4.78, 5) is 8.09. The zero-order chi connectivity index (χ0) is 10.7. The standard InChI is InChI=1S/C10H11N3OS/c1-7-2-3-8(14-7)6-15-10-9(11)12-4-5-13-10/h2-5H,6H2,1H3,(H2,11,12). The number of nitrogens with two attached hydrogens (primary N) is 1. The Labute approximate surface area is 91.9 Å². The summed E-state index contributed by atoms with van der Waals surface area (Å²) in [6.45, 7) is 1.92. The molecule has 4 nitrogen and oxygen atoms in total. The Balaban J connectivity index is 2.02. The van der Waals surface area contributed by atoms with Gasteiger partial charge >= 0.3 is 0 Å². The highest BCUT2D eigenvalue weighted by Crippen LogP contribution is 2.24. The zero-order valence-corrected chi connectivity index (χ0v) is 9.12. The van der Waals surface area contributed by atoms with E-state index in [2.05, 4.69) is 9.97 Å². The van der Waals surface area contributed by atoms with E-state index in [0.29, 0.717) is 5.82 Å². The summed E-state index contributed by atoms with van der Waals surface area (Å²) in [6.07, 6.45) is 3.21. The topological polar surface area (TPSA) is 64.9 Å². The van der Waals surface area contributed by atoms with Crippen LogP contribution in [0.5, 0.6) is 0 Å². The molecule has 0 aliphatic carbocycles. The Morgan fingerprint density at radius 1 is 1.33 bits per heavy atom. The lowest BCUT2D eigenvalue weighted by Crippen LogP contribution is -1.94. The molecule has 78 valence electrons. The minimum atomic E-state index is 0.464. The Bertz CT molecular complexity index is 455. The molecule has 0 saturated carbocycles. The fourth-order valence-electron chi connectivity index (χ4n) is 1.15. The number of hydrogen-bond acceptors (Lipinski definition) is 5. The number of thioether (sulfide) groups is 1. The predicted molar refractivity (Wildman–Crippen MR) is 59.5 cm³/mol. The summed E-state index contributed by atoms with van der Waals surface area (Å²) < 4.78 is 5.44. The molecule has 0 atom stereocenters. The monoisotopic (exact) mass is 221 g/mol. The SMILES string of the molecule is Cc1ccc(CSc2nccnc2N)o1. The average Bonchev–Trinajstić information content (AvgIpc) is 2.63. The minimum absolute atomic E-state index is 0.464. The molecule has 2 rings (SSSR count). The van der Waals surface area contributed by atoms with Crippen LogP contribution in [0.15, 0.2) is 34.0 Å². The minimum Gasteiger partial charge on any atom is -0.465 e. The van der Waals surface area contributed by atoms with E-state index in [0.717, 1.165) is 22.3 Å². The van der Waals surface area contributed by atoms with Crippen LogP contribution < -0.4 is 5.73 Å². The van der Waals surface area contributed by atoms with Gasteiger partial charge in [0.05, 0.1) is 5.75 Å². The fraction of sp³-hybridized carbons (Fsp3) is 0.200. The van der Waals surface area contributed by atoms with Crippen molar-refractivity contribution in [2.24, 2.45) is 0 Å². The van der Waals surface area contributed by atoms with E-state index in [4.69, 9.17) is 10.2 Å². The van der Waals surface area contributed by atoms with E-state index in [9.17, 15) is 0 Å². The molecule has 2 heterocycles. The van der Waals surface area contributed by atoms with Crippen LogP contribution in [0.1, 0.15) is 11.5 Å². The molecule has 0 aromatic carbocycles. The van der Waals surface area contributed by atoms with Crippen molar-refractivity contribution in [3.05, 3.63) is 36.0 Å². The van der Waals surface area contributed by atoms with Crippen LogP contribution >= 0.6 is 11.8 Å². The van der Waals surface area contributed by atoms with Crippen LogP contribution in [0.3, 0.4) is 0 Å². The molecule has 0 aliphatic heterocycles. The van der Waals surface area contributed by atoms with Crippen LogP contribution in [0.2, 0.25) is 0 Å². The number of hydrogen-bond donors (Lipinski definition) is 1. The van der Waals surface area contributed by atoms with Crippen molar-refractivity contribution >= 4 is 17.6 Å². The van der Waals surface area contributed by atoms with E-state index in [1.165, 1.54) is 11.8 Å². The first-order valence-electron chi connectivity index (χ1n) is 4.50. The quantitative estimate of drug-likeness (QED) is 0.805. The molecule has 15 heavy (non-hydrogen) atoms. The number of aromatic nitrogens is 2. The number of rotatable bonds is 3. The molecule has 0 unspecified atom stereocenters. The van der Waals surface area contributed by atoms with Crippen LogP contribution in [-0.2, 0) is 5.75 Å². The van der Waals surface area contributed by atoms with Gasteiger partial charge in [-0.25, -0.2) is 9.97 Å². The largest absolute Gasteiger partial charge is 0.465 e. The average molecular weight is 221 g/mol. The zero-order valence-electron chi connectivity index (χ0n) is 8.30. The van der Waals surface area contributed by atoms with Gasteiger partial charge in [-0.3, -0.25) is 0 Å². The molecule has 0 saturated heterocycles. The van der Waals surface area contributed by atoms with E-state index < -0.39 is 0 Å². The third-order valence-corrected chi connectivity index (χ3v) is 2.86. The first kappa shape index (κ1) is 10.0. The van der Waals surface area contributed by atoms with Crippen molar-refractivity contribution in [3.63, 3.8) is 0 Å². The summed E-state index contributed by atoms with van der Waals surface area (Å²) in [7, 11) is 0. The number of anilines is 1. The second kappa shape index (κ2) is 4.35. The first-order chi connectivity index (χ1) is 7.25. The first-order valence-corrected chi connectivity index (χ1v) is 5.49. The highest BCUT2D eigenvalue weighted by Gasteiger charge is 2.04. The molecule has 0 amide bonds. The van der Waals surface area contributed by atoms with Gasteiger partial charge in [0, 0.05) is 12.4 Å². The highest BCUT2D eigenvalue weighted by atomic mass is 32.2.